The van der Waals surface area contributed by atoms with Gasteiger partial charge in [0.15, 0.2) is 4.67 Å². The van der Waals surface area contributed by atoms with Gasteiger partial charge in [-0.05, 0) is 62.2 Å². The van der Waals surface area contributed by atoms with Gasteiger partial charge < -0.3 is 14.6 Å². The molecule has 20 heavy (non-hydrogen) atoms. The molecule has 6 heteroatoms. The van der Waals surface area contributed by atoms with Crippen LogP contribution in [0.25, 0.3) is 0 Å². The molecule has 0 aliphatic carbocycles. The summed E-state index contributed by atoms with van der Waals surface area (Å²) in [7, 11) is 3.47. The molecule has 0 bridgehead atoms. The number of halogens is 2. The van der Waals surface area contributed by atoms with E-state index in [2.05, 4.69) is 37.2 Å². The molecule has 0 aliphatic rings. The molecule has 2 rings (SSSR count). The minimum Gasteiger partial charge on any atom is -0.451 e. The third kappa shape index (κ3) is 3.64. The van der Waals surface area contributed by atoms with Gasteiger partial charge in [-0.2, -0.15) is 0 Å². The maximum Gasteiger partial charge on any atom is 0.253 e. The van der Waals surface area contributed by atoms with E-state index < -0.39 is 0 Å². The molecule has 0 atom stereocenters. The Labute approximate surface area is 134 Å². The van der Waals surface area contributed by atoms with Gasteiger partial charge >= 0.3 is 0 Å². The number of nitrogens with zero attached hydrogens (tertiary/aromatic N) is 1. The van der Waals surface area contributed by atoms with Crippen molar-refractivity contribution >= 4 is 43.5 Å². The molecule has 0 aliphatic heterocycles. The Hall–Kier alpha value is -1.27. The highest BCUT2D eigenvalue weighted by molar-refractivity contribution is 9.13. The van der Waals surface area contributed by atoms with Crippen molar-refractivity contribution in [2.45, 2.75) is 6.54 Å². The number of amides is 1. The number of anilines is 1. The number of carbonyl (C=O) groups excluding carboxylic acids is 1. The van der Waals surface area contributed by atoms with Gasteiger partial charge in [0.2, 0.25) is 0 Å². The van der Waals surface area contributed by atoms with Crippen LogP contribution in [0.1, 0.15) is 16.1 Å². The summed E-state index contributed by atoms with van der Waals surface area (Å²) in [4.78, 5) is 13.3. The lowest BCUT2D eigenvalue weighted by Crippen LogP contribution is -2.21. The maximum atomic E-state index is 11.8. The van der Waals surface area contributed by atoms with Gasteiger partial charge in [0.1, 0.15) is 5.76 Å². The van der Waals surface area contributed by atoms with Gasteiger partial charge in [-0.3, -0.25) is 4.79 Å². The normalized spacial score (nSPS) is 10.4. The van der Waals surface area contributed by atoms with Crippen molar-refractivity contribution in [2.24, 2.45) is 0 Å². The molecule has 0 saturated heterocycles. The van der Waals surface area contributed by atoms with Gasteiger partial charge in [0.05, 0.1) is 11.0 Å². The average molecular weight is 402 g/mol. The van der Waals surface area contributed by atoms with Crippen molar-refractivity contribution in [3.63, 3.8) is 0 Å². The van der Waals surface area contributed by atoms with Gasteiger partial charge in [0.25, 0.3) is 5.91 Å². The molecule has 1 amide bonds. The standard InChI is InChI=1S/C14H14Br2N2O2/c1-18(2)14(19)9-3-5-10(6-4-9)17-8-11-7-12(15)13(16)20-11/h3-7,17H,8H2,1-2H3. The summed E-state index contributed by atoms with van der Waals surface area (Å²) in [6, 6.07) is 9.27. The summed E-state index contributed by atoms with van der Waals surface area (Å²) in [5, 5.41) is 3.24. The Bertz CT molecular complexity index is 587. The molecular formula is C14H14Br2N2O2. The van der Waals surface area contributed by atoms with Crippen LogP contribution in [0.5, 0.6) is 0 Å². The summed E-state index contributed by atoms with van der Waals surface area (Å²) in [6.07, 6.45) is 0. The summed E-state index contributed by atoms with van der Waals surface area (Å²) in [5.74, 6) is 0.813. The molecule has 106 valence electrons. The fraction of sp³-hybridized carbons (Fsp3) is 0.214. The molecule has 0 saturated carbocycles. The lowest BCUT2D eigenvalue weighted by atomic mass is 10.2. The molecule has 1 aromatic carbocycles. The minimum atomic E-state index is -0.00422. The monoisotopic (exact) mass is 400 g/mol. The third-order valence-corrected chi connectivity index (χ3v) is 4.41. The van der Waals surface area contributed by atoms with E-state index >= 15 is 0 Å². The first kappa shape index (κ1) is 15.1. The largest absolute Gasteiger partial charge is 0.451 e. The Kier molecular flexibility index (Phi) is 4.88. The molecule has 0 fully saturated rings. The van der Waals surface area contributed by atoms with Crippen LogP contribution >= 0.6 is 31.9 Å². The van der Waals surface area contributed by atoms with Crippen LogP contribution in [0.15, 0.2) is 43.9 Å². The zero-order valence-corrected chi connectivity index (χ0v) is 14.3. The van der Waals surface area contributed by atoms with Gasteiger partial charge in [-0.1, -0.05) is 0 Å². The number of benzene rings is 1. The fourth-order valence-electron chi connectivity index (χ4n) is 1.66. The van der Waals surface area contributed by atoms with Crippen molar-refractivity contribution in [3.05, 3.63) is 50.8 Å². The molecule has 0 radical (unpaired) electrons. The molecule has 2 aromatic rings. The first-order valence-electron chi connectivity index (χ1n) is 5.96. The minimum absolute atomic E-state index is 0.00422. The van der Waals surface area contributed by atoms with Crippen LogP contribution in [0, 0.1) is 0 Å². The van der Waals surface area contributed by atoms with Crippen LogP contribution in [0.2, 0.25) is 0 Å². The molecule has 1 heterocycles. The van der Waals surface area contributed by atoms with Gasteiger partial charge in [-0.25, -0.2) is 0 Å². The zero-order valence-electron chi connectivity index (χ0n) is 11.1. The van der Waals surface area contributed by atoms with Crippen LogP contribution in [0.3, 0.4) is 0 Å². The van der Waals surface area contributed by atoms with E-state index in [4.69, 9.17) is 4.42 Å². The quantitative estimate of drug-likeness (QED) is 0.838. The first-order chi connectivity index (χ1) is 9.47. The SMILES string of the molecule is CN(C)C(=O)c1ccc(NCc2cc(Br)c(Br)o2)cc1. The topological polar surface area (TPSA) is 45.5 Å². The van der Waals surface area contributed by atoms with Gasteiger partial charge in [-0.15, -0.1) is 0 Å². The van der Waals surface area contributed by atoms with Gasteiger partial charge in [0, 0.05) is 25.3 Å². The summed E-state index contributed by atoms with van der Waals surface area (Å²) < 4.78 is 7.05. The first-order valence-corrected chi connectivity index (χ1v) is 7.55. The highest BCUT2D eigenvalue weighted by Gasteiger charge is 2.08. The van der Waals surface area contributed by atoms with Crippen molar-refractivity contribution in [2.75, 3.05) is 19.4 Å². The average Bonchev–Trinajstić information content (AvgIpc) is 2.75. The fourth-order valence-corrected chi connectivity index (χ4v) is 2.32. The second-order valence-corrected chi connectivity index (χ2v) is 6.04. The zero-order chi connectivity index (χ0) is 14.7. The second-order valence-electron chi connectivity index (χ2n) is 4.46. The number of furan rings is 1. The number of hydrogen-bond acceptors (Lipinski definition) is 3. The lowest BCUT2D eigenvalue weighted by Gasteiger charge is -2.11. The lowest BCUT2D eigenvalue weighted by molar-refractivity contribution is 0.0827. The number of hydrogen-bond donors (Lipinski definition) is 1. The predicted octanol–water partition coefficient (Wildman–Crippen LogP) is 4.12. The smallest absolute Gasteiger partial charge is 0.253 e. The molecule has 1 aromatic heterocycles. The summed E-state index contributed by atoms with van der Waals surface area (Å²) >= 11 is 6.67. The maximum absolute atomic E-state index is 11.8. The third-order valence-electron chi connectivity index (χ3n) is 2.70. The molecule has 4 nitrogen and oxygen atoms in total. The number of nitrogens with one attached hydrogen (secondary N) is 1. The number of carbonyl (C=O) groups is 1. The summed E-state index contributed by atoms with van der Waals surface area (Å²) in [6.45, 7) is 0.575. The van der Waals surface area contributed by atoms with E-state index in [0.717, 1.165) is 15.9 Å². The Morgan fingerprint density at radius 3 is 2.40 bits per heavy atom. The Balaban J connectivity index is 1.99. The van der Waals surface area contributed by atoms with E-state index in [1.54, 1.807) is 31.1 Å². The van der Waals surface area contributed by atoms with Crippen molar-refractivity contribution in [1.82, 2.24) is 4.90 Å². The molecule has 0 spiro atoms. The van der Waals surface area contributed by atoms with E-state index in [9.17, 15) is 4.79 Å². The number of rotatable bonds is 4. The predicted molar refractivity (Wildman–Crippen MR) is 85.9 cm³/mol. The highest BCUT2D eigenvalue weighted by Crippen LogP contribution is 2.27. The Morgan fingerprint density at radius 2 is 1.90 bits per heavy atom. The van der Waals surface area contributed by atoms with Crippen LogP contribution in [-0.4, -0.2) is 24.9 Å². The molecule has 0 unspecified atom stereocenters. The van der Waals surface area contributed by atoms with E-state index in [0.29, 0.717) is 16.8 Å². The van der Waals surface area contributed by atoms with E-state index in [1.165, 1.54) is 0 Å². The van der Waals surface area contributed by atoms with E-state index in [1.807, 2.05) is 18.2 Å². The van der Waals surface area contributed by atoms with Crippen molar-refractivity contribution in [1.29, 1.82) is 0 Å². The molecule has 1 N–H and O–H groups in total. The Morgan fingerprint density at radius 1 is 1.25 bits per heavy atom. The highest BCUT2D eigenvalue weighted by atomic mass is 79.9. The second kappa shape index (κ2) is 6.45. The molecular weight excluding hydrogens is 388 g/mol. The van der Waals surface area contributed by atoms with E-state index in [-0.39, 0.29) is 5.91 Å². The van der Waals surface area contributed by atoms with Crippen LogP contribution < -0.4 is 5.32 Å². The van der Waals surface area contributed by atoms with Crippen LogP contribution in [0.4, 0.5) is 5.69 Å². The van der Waals surface area contributed by atoms with Crippen LogP contribution in [-0.2, 0) is 6.54 Å². The van der Waals surface area contributed by atoms with Crippen molar-refractivity contribution < 1.29 is 9.21 Å². The summed E-state index contributed by atoms with van der Waals surface area (Å²) in [5.41, 5.74) is 1.60. The van der Waals surface area contributed by atoms with Crippen molar-refractivity contribution in [3.8, 4) is 0 Å².